The van der Waals surface area contributed by atoms with Crippen LogP contribution in [-0.4, -0.2) is 50.4 Å². The van der Waals surface area contributed by atoms with Crippen LogP contribution in [0.3, 0.4) is 0 Å². The number of Topliss-reactive ketones (excluding diaryl/α,β-unsaturated/α-hetero) is 3. The molecule has 0 radical (unpaired) electrons. The van der Waals surface area contributed by atoms with Crippen LogP contribution in [0, 0.1) is 0 Å². The number of carbonyl (C=O) groups excluding carboxylic acids is 3. The topological polar surface area (TPSA) is 96.0 Å². The molecular formula is C17H17O7P. The summed E-state index contributed by atoms with van der Waals surface area (Å²) in [7, 11) is -1.25. The molecule has 0 amide bonds. The quantitative estimate of drug-likeness (QED) is 0.739. The normalized spacial score (nSPS) is 20.3. The SMILES string of the molecule is COP(=O)(CC(=O)C1OCCC2=C1C(=O)c1ccccc1C2=O)OC. The lowest BCUT2D eigenvalue weighted by atomic mass is 9.79. The summed E-state index contributed by atoms with van der Waals surface area (Å²) in [6, 6.07) is 6.48. The van der Waals surface area contributed by atoms with Crippen LogP contribution in [-0.2, 0) is 23.1 Å². The maximum Gasteiger partial charge on any atom is 0.337 e. The molecule has 0 saturated carbocycles. The number of rotatable bonds is 5. The highest BCUT2D eigenvalue weighted by molar-refractivity contribution is 7.54. The fraction of sp³-hybridized carbons (Fsp3) is 0.353. The summed E-state index contributed by atoms with van der Waals surface area (Å²) in [6.45, 7) is 0.126. The van der Waals surface area contributed by atoms with E-state index in [0.717, 1.165) is 0 Å². The molecule has 0 saturated heterocycles. The molecule has 1 aliphatic carbocycles. The van der Waals surface area contributed by atoms with Crippen LogP contribution in [0.2, 0.25) is 0 Å². The molecule has 0 fully saturated rings. The summed E-state index contributed by atoms with van der Waals surface area (Å²) in [5.41, 5.74) is 0.909. The Bertz CT molecular complexity index is 831. The molecule has 3 rings (SSSR count). The maximum absolute atomic E-state index is 12.8. The van der Waals surface area contributed by atoms with Gasteiger partial charge in [0.15, 0.2) is 17.3 Å². The van der Waals surface area contributed by atoms with Gasteiger partial charge in [0, 0.05) is 42.9 Å². The second kappa shape index (κ2) is 6.77. The van der Waals surface area contributed by atoms with E-state index in [1.165, 1.54) is 14.2 Å². The van der Waals surface area contributed by atoms with E-state index in [2.05, 4.69) is 0 Å². The number of ether oxygens (including phenoxy) is 1. The van der Waals surface area contributed by atoms with Gasteiger partial charge in [-0.2, -0.15) is 0 Å². The van der Waals surface area contributed by atoms with Crippen LogP contribution in [0.15, 0.2) is 35.4 Å². The maximum atomic E-state index is 12.8. The molecule has 8 heteroatoms. The lowest BCUT2D eigenvalue weighted by molar-refractivity contribution is -0.126. The Morgan fingerprint density at radius 1 is 1.16 bits per heavy atom. The van der Waals surface area contributed by atoms with E-state index in [0.29, 0.717) is 5.56 Å². The van der Waals surface area contributed by atoms with Crippen molar-refractivity contribution in [2.75, 3.05) is 27.0 Å². The molecule has 7 nitrogen and oxygen atoms in total. The molecule has 1 atom stereocenters. The Morgan fingerprint density at radius 2 is 1.76 bits per heavy atom. The zero-order chi connectivity index (χ0) is 18.2. The molecule has 1 aliphatic heterocycles. The summed E-state index contributed by atoms with van der Waals surface area (Å²) in [4.78, 5) is 38.1. The second-order valence-corrected chi connectivity index (χ2v) is 7.97. The van der Waals surface area contributed by atoms with Gasteiger partial charge < -0.3 is 13.8 Å². The Labute approximate surface area is 144 Å². The highest BCUT2D eigenvalue weighted by Crippen LogP contribution is 2.47. The Kier molecular flexibility index (Phi) is 4.84. The summed E-state index contributed by atoms with van der Waals surface area (Å²) in [6.07, 6.45) is -1.53. The van der Waals surface area contributed by atoms with Crippen molar-refractivity contribution < 1.29 is 32.7 Å². The van der Waals surface area contributed by atoms with Gasteiger partial charge in [0.1, 0.15) is 12.3 Å². The number of ketones is 3. The summed E-state index contributed by atoms with van der Waals surface area (Å²) < 4.78 is 27.2. The Morgan fingerprint density at radius 3 is 2.36 bits per heavy atom. The highest BCUT2D eigenvalue weighted by atomic mass is 31.2. The van der Waals surface area contributed by atoms with Crippen LogP contribution in [0.25, 0.3) is 0 Å². The lowest BCUT2D eigenvalue weighted by Gasteiger charge is -2.30. The first-order valence-electron chi connectivity index (χ1n) is 7.68. The first kappa shape index (κ1) is 17.9. The first-order valence-corrected chi connectivity index (χ1v) is 9.41. The minimum Gasteiger partial charge on any atom is -0.365 e. The molecule has 1 aromatic carbocycles. The Hall–Kier alpha value is -1.92. The zero-order valence-electron chi connectivity index (χ0n) is 13.8. The smallest absolute Gasteiger partial charge is 0.337 e. The van der Waals surface area contributed by atoms with Crippen molar-refractivity contribution in [3.63, 3.8) is 0 Å². The van der Waals surface area contributed by atoms with Crippen LogP contribution in [0.1, 0.15) is 27.1 Å². The van der Waals surface area contributed by atoms with E-state index in [9.17, 15) is 18.9 Å². The van der Waals surface area contributed by atoms with E-state index < -0.39 is 31.4 Å². The lowest BCUT2D eigenvalue weighted by Crippen LogP contribution is -2.40. The van der Waals surface area contributed by atoms with Gasteiger partial charge in [-0.3, -0.25) is 18.9 Å². The van der Waals surface area contributed by atoms with E-state index >= 15 is 0 Å². The molecule has 25 heavy (non-hydrogen) atoms. The van der Waals surface area contributed by atoms with Gasteiger partial charge in [0.05, 0.1) is 6.61 Å². The number of fused-ring (bicyclic) bond motifs is 1. The van der Waals surface area contributed by atoms with Crippen molar-refractivity contribution in [2.24, 2.45) is 0 Å². The van der Waals surface area contributed by atoms with Crippen molar-refractivity contribution in [1.82, 2.24) is 0 Å². The molecule has 2 aliphatic rings. The molecule has 1 unspecified atom stereocenters. The number of hydrogen-bond acceptors (Lipinski definition) is 7. The standard InChI is InChI=1S/C17H17O7P/c1-22-25(21,23-2)9-13(18)17-14-12(7-8-24-17)15(19)10-5-3-4-6-11(10)16(14)20/h3-6,17H,7-9H2,1-2H3. The van der Waals surface area contributed by atoms with Crippen molar-refractivity contribution in [2.45, 2.75) is 12.5 Å². The van der Waals surface area contributed by atoms with E-state index in [-0.39, 0.29) is 35.5 Å². The largest absolute Gasteiger partial charge is 0.365 e. The van der Waals surface area contributed by atoms with Crippen LogP contribution >= 0.6 is 7.60 Å². The van der Waals surface area contributed by atoms with Gasteiger partial charge in [-0.25, -0.2) is 0 Å². The first-order chi connectivity index (χ1) is 11.9. The minimum absolute atomic E-state index is 0.0405. The molecule has 132 valence electrons. The number of carbonyl (C=O) groups is 3. The van der Waals surface area contributed by atoms with Gasteiger partial charge in [-0.1, -0.05) is 24.3 Å². The van der Waals surface area contributed by atoms with Gasteiger partial charge in [0.2, 0.25) is 0 Å². The van der Waals surface area contributed by atoms with E-state index in [1.54, 1.807) is 24.3 Å². The van der Waals surface area contributed by atoms with Crippen molar-refractivity contribution in [3.05, 3.63) is 46.5 Å². The molecule has 1 heterocycles. The molecule has 0 spiro atoms. The molecule has 0 aromatic heterocycles. The summed E-state index contributed by atoms with van der Waals surface area (Å²) in [5, 5.41) is 0. The van der Waals surface area contributed by atoms with Crippen LogP contribution < -0.4 is 0 Å². The van der Waals surface area contributed by atoms with Gasteiger partial charge >= 0.3 is 7.60 Å². The predicted octanol–water partition coefficient (Wildman–Crippen LogP) is 2.21. The fourth-order valence-electron chi connectivity index (χ4n) is 3.07. The third-order valence-corrected chi connectivity index (χ3v) is 6.17. The van der Waals surface area contributed by atoms with Gasteiger partial charge in [0.25, 0.3) is 0 Å². The highest BCUT2D eigenvalue weighted by Gasteiger charge is 2.43. The van der Waals surface area contributed by atoms with Gasteiger partial charge in [-0.15, -0.1) is 0 Å². The third-order valence-electron chi connectivity index (χ3n) is 4.36. The summed E-state index contributed by atoms with van der Waals surface area (Å²) in [5.74, 6) is -1.29. The Balaban J connectivity index is 2.00. The fourth-order valence-corrected chi connectivity index (χ4v) is 4.02. The van der Waals surface area contributed by atoms with Crippen LogP contribution in [0.5, 0.6) is 0 Å². The van der Waals surface area contributed by atoms with E-state index in [4.69, 9.17) is 13.8 Å². The molecule has 0 bridgehead atoms. The van der Waals surface area contributed by atoms with Crippen molar-refractivity contribution >= 4 is 24.9 Å². The van der Waals surface area contributed by atoms with Crippen molar-refractivity contribution in [1.29, 1.82) is 0 Å². The van der Waals surface area contributed by atoms with E-state index in [1.807, 2.05) is 0 Å². The average Bonchev–Trinajstić information content (AvgIpc) is 2.65. The number of hydrogen-bond donors (Lipinski definition) is 0. The van der Waals surface area contributed by atoms with Crippen LogP contribution in [0.4, 0.5) is 0 Å². The predicted molar refractivity (Wildman–Crippen MR) is 88.0 cm³/mol. The zero-order valence-corrected chi connectivity index (χ0v) is 14.7. The second-order valence-electron chi connectivity index (χ2n) is 5.70. The molecule has 0 N–H and O–H groups in total. The monoisotopic (exact) mass is 364 g/mol. The molecule has 1 aromatic rings. The minimum atomic E-state index is -3.60. The average molecular weight is 364 g/mol. The van der Waals surface area contributed by atoms with Crippen molar-refractivity contribution in [3.8, 4) is 0 Å². The number of benzene rings is 1. The molecular weight excluding hydrogens is 347 g/mol. The third kappa shape index (κ3) is 3.04. The van der Waals surface area contributed by atoms with Gasteiger partial charge in [-0.05, 0) is 0 Å². The summed E-state index contributed by atoms with van der Waals surface area (Å²) >= 11 is 0.